The first-order valence-electron chi connectivity index (χ1n) is 9.18. The number of rotatable bonds is 6. The molecule has 10 nitrogen and oxygen atoms in total. The van der Waals surface area contributed by atoms with Crippen LogP contribution >= 0.6 is 0 Å². The number of carbonyl (C=O) groups excluding carboxylic acids is 1. The lowest BCUT2D eigenvalue weighted by Crippen LogP contribution is -2.16. The van der Waals surface area contributed by atoms with Gasteiger partial charge in [-0.1, -0.05) is 0 Å². The van der Waals surface area contributed by atoms with Gasteiger partial charge in [0.1, 0.15) is 11.5 Å². The Balaban J connectivity index is 1.48. The zero-order valence-corrected chi connectivity index (χ0v) is 16.6. The molecule has 158 valence electrons. The number of nitrogens with zero attached hydrogens (tertiary/aromatic N) is 3. The molecule has 0 atom stereocenters. The summed E-state index contributed by atoms with van der Waals surface area (Å²) in [6.45, 7) is 0. The summed E-state index contributed by atoms with van der Waals surface area (Å²) in [5.74, 6) is 0.372. The SMILES string of the molecule is COc1cc([N+](=O)[O-])cc2cc(C(=O)N/N=C\c3ccc(-c4ccc(C#N)cc4)o3)oc12. The van der Waals surface area contributed by atoms with E-state index in [2.05, 4.69) is 10.5 Å². The van der Waals surface area contributed by atoms with Gasteiger partial charge in [0.05, 0.1) is 35.9 Å². The minimum absolute atomic E-state index is 0.0892. The van der Waals surface area contributed by atoms with Gasteiger partial charge < -0.3 is 13.6 Å². The van der Waals surface area contributed by atoms with Gasteiger partial charge in [0.2, 0.25) is 0 Å². The van der Waals surface area contributed by atoms with E-state index >= 15 is 0 Å². The first-order valence-corrected chi connectivity index (χ1v) is 9.18. The van der Waals surface area contributed by atoms with E-state index in [9.17, 15) is 14.9 Å². The number of carbonyl (C=O) groups is 1. The van der Waals surface area contributed by atoms with Crippen LogP contribution in [0.25, 0.3) is 22.3 Å². The van der Waals surface area contributed by atoms with Crippen molar-refractivity contribution in [2.45, 2.75) is 0 Å². The molecule has 1 N–H and O–H groups in total. The second-order valence-electron chi connectivity index (χ2n) is 6.52. The van der Waals surface area contributed by atoms with Gasteiger partial charge in [-0.25, -0.2) is 5.43 Å². The third kappa shape index (κ3) is 4.03. The molecule has 10 heteroatoms. The Morgan fingerprint density at radius 3 is 2.66 bits per heavy atom. The highest BCUT2D eigenvalue weighted by molar-refractivity contribution is 5.98. The van der Waals surface area contributed by atoms with Crippen molar-refractivity contribution in [1.82, 2.24) is 5.43 Å². The molecule has 0 aliphatic heterocycles. The number of hydrogen-bond acceptors (Lipinski definition) is 8. The van der Waals surface area contributed by atoms with Crippen LogP contribution in [0.15, 0.2) is 68.5 Å². The lowest BCUT2D eigenvalue weighted by atomic mass is 10.1. The molecule has 0 spiro atoms. The predicted octanol–water partition coefficient (Wildman–Crippen LogP) is 4.25. The average Bonchev–Trinajstić information content (AvgIpc) is 3.45. The van der Waals surface area contributed by atoms with E-state index in [-0.39, 0.29) is 22.8 Å². The van der Waals surface area contributed by atoms with Gasteiger partial charge in [0.25, 0.3) is 5.69 Å². The molecule has 0 aliphatic rings. The van der Waals surface area contributed by atoms with Gasteiger partial charge in [-0.05, 0) is 42.5 Å². The number of furan rings is 2. The average molecular weight is 430 g/mol. The van der Waals surface area contributed by atoms with Crippen LogP contribution in [-0.4, -0.2) is 24.2 Å². The molecule has 4 aromatic rings. The maximum Gasteiger partial charge on any atom is 0.307 e. The first-order chi connectivity index (χ1) is 15.5. The standard InChI is InChI=1S/C22H14N4O6/c1-30-19-10-16(26(28)29)8-15-9-20(32-21(15)19)22(27)25-24-12-17-6-7-18(31-17)14-4-2-13(11-23)3-5-14/h2-10,12H,1H3,(H,25,27)/b24-12-. The Kier molecular flexibility index (Phi) is 5.38. The molecule has 2 aromatic heterocycles. The van der Waals surface area contributed by atoms with Crippen LogP contribution in [0.4, 0.5) is 5.69 Å². The Morgan fingerprint density at radius 1 is 1.19 bits per heavy atom. The summed E-state index contributed by atoms with van der Waals surface area (Å²) in [7, 11) is 1.35. The minimum atomic E-state index is -0.652. The van der Waals surface area contributed by atoms with Crippen LogP contribution in [0.2, 0.25) is 0 Å². The van der Waals surface area contributed by atoms with Gasteiger partial charge in [0.15, 0.2) is 17.1 Å². The Morgan fingerprint density at radius 2 is 1.97 bits per heavy atom. The molecule has 1 amide bonds. The molecule has 0 radical (unpaired) electrons. The van der Waals surface area contributed by atoms with E-state index < -0.39 is 10.8 Å². The highest BCUT2D eigenvalue weighted by atomic mass is 16.6. The van der Waals surface area contributed by atoms with Crippen molar-refractivity contribution in [1.29, 1.82) is 5.26 Å². The van der Waals surface area contributed by atoms with Crippen molar-refractivity contribution in [3.8, 4) is 23.1 Å². The summed E-state index contributed by atoms with van der Waals surface area (Å²) in [4.78, 5) is 22.8. The van der Waals surface area contributed by atoms with E-state index in [0.717, 1.165) is 5.56 Å². The molecule has 4 rings (SSSR count). The Labute approximate surface area is 180 Å². The number of ether oxygens (including phenoxy) is 1. The maximum absolute atomic E-state index is 12.4. The molecular weight excluding hydrogens is 416 g/mol. The zero-order chi connectivity index (χ0) is 22.7. The minimum Gasteiger partial charge on any atom is -0.493 e. The molecular formula is C22H14N4O6. The fourth-order valence-corrected chi connectivity index (χ4v) is 2.97. The van der Waals surface area contributed by atoms with Crippen LogP contribution in [0, 0.1) is 21.4 Å². The van der Waals surface area contributed by atoms with Crippen LogP contribution < -0.4 is 10.2 Å². The molecule has 0 bridgehead atoms. The summed E-state index contributed by atoms with van der Waals surface area (Å²) < 4.78 is 16.3. The Hall–Kier alpha value is -4.91. The normalized spacial score (nSPS) is 10.9. The van der Waals surface area contributed by atoms with Crippen LogP contribution in [0.1, 0.15) is 21.9 Å². The number of non-ortho nitro benzene ring substituents is 1. The van der Waals surface area contributed by atoms with Crippen molar-refractivity contribution in [2.75, 3.05) is 7.11 Å². The van der Waals surface area contributed by atoms with Crippen LogP contribution in [0.5, 0.6) is 5.75 Å². The van der Waals surface area contributed by atoms with Crippen molar-refractivity contribution in [3.05, 3.63) is 81.8 Å². The maximum atomic E-state index is 12.4. The number of amides is 1. The quantitative estimate of drug-likeness (QED) is 0.273. The third-order valence-electron chi connectivity index (χ3n) is 4.50. The fraction of sp³-hybridized carbons (Fsp3) is 0.0455. The lowest BCUT2D eigenvalue weighted by Gasteiger charge is -2.00. The summed E-state index contributed by atoms with van der Waals surface area (Å²) >= 11 is 0. The first kappa shape index (κ1) is 20.4. The van der Waals surface area contributed by atoms with E-state index in [0.29, 0.717) is 22.5 Å². The van der Waals surface area contributed by atoms with Crippen molar-refractivity contribution >= 4 is 28.8 Å². The van der Waals surface area contributed by atoms with E-state index in [1.54, 1.807) is 36.4 Å². The summed E-state index contributed by atoms with van der Waals surface area (Å²) in [6, 6.07) is 16.2. The highest BCUT2D eigenvalue weighted by Gasteiger charge is 2.19. The number of nitrogens with one attached hydrogen (secondary N) is 1. The highest BCUT2D eigenvalue weighted by Crippen LogP contribution is 2.33. The number of nitro groups is 1. The molecule has 0 unspecified atom stereocenters. The molecule has 2 aromatic carbocycles. The van der Waals surface area contributed by atoms with Crippen LogP contribution in [0.3, 0.4) is 0 Å². The molecule has 0 saturated carbocycles. The topological polar surface area (TPSA) is 144 Å². The van der Waals surface area contributed by atoms with Crippen LogP contribution in [-0.2, 0) is 0 Å². The van der Waals surface area contributed by atoms with Crippen molar-refractivity contribution in [3.63, 3.8) is 0 Å². The monoisotopic (exact) mass is 430 g/mol. The molecule has 2 heterocycles. The van der Waals surface area contributed by atoms with Gasteiger partial charge in [-0.15, -0.1) is 0 Å². The zero-order valence-electron chi connectivity index (χ0n) is 16.6. The second-order valence-corrected chi connectivity index (χ2v) is 6.52. The largest absolute Gasteiger partial charge is 0.493 e. The number of nitriles is 1. The molecule has 0 saturated heterocycles. The van der Waals surface area contributed by atoms with E-state index in [1.165, 1.54) is 31.5 Å². The predicted molar refractivity (Wildman–Crippen MR) is 113 cm³/mol. The number of hydrogen-bond donors (Lipinski definition) is 1. The molecule has 0 fully saturated rings. The summed E-state index contributed by atoms with van der Waals surface area (Å²) in [5, 5.41) is 24.1. The number of benzene rings is 2. The van der Waals surface area contributed by atoms with E-state index in [4.69, 9.17) is 18.8 Å². The summed E-state index contributed by atoms with van der Waals surface area (Å²) in [5.41, 5.74) is 3.68. The molecule has 32 heavy (non-hydrogen) atoms. The third-order valence-corrected chi connectivity index (χ3v) is 4.50. The smallest absolute Gasteiger partial charge is 0.307 e. The number of hydrazone groups is 1. The lowest BCUT2D eigenvalue weighted by molar-refractivity contribution is -0.384. The van der Waals surface area contributed by atoms with Gasteiger partial charge >= 0.3 is 5.91 Å². The number of fused-ring (bicyclic) bond motifs is 1. The van der Waals surface area contributed by atoms with Crippen molar-refractivity contribution in [2.24, 2.45) is 5.10 Å². The van der Waals surface area contributed by atoms with E-state index in [1.807, 2.05) is 6.07 Å². The molecule has 0 aliphatic carbocycles. The van der Waals surface area contributed by atoms with Gasteiger partial charge in [-0.3, -0.25) is 14.9 Å². The van der Waals surface area contributed by atoms with Crippen molar-refractivity contribution < 1.29 is 23.3 Å². The van der Waals surface area contributed by atoms with Gasteiger partial charge in [0, 0.05) is 17.0 Å². The fourth-order valence-electron chi connectivity index (χ4n) is 2.97. The Bertz CT molecular complexity index is 1390. The van der Waals surface area contributed by atoms with Gasteiger partial charge in [-0.2, -0.15) is 10.4 Å². The second kappa shape index (κ2) is 8.45. The summed E-state index contributed by atoms with van der Waals surface area (Å²) in [6.07, 6.45) is 1.32. The number of methoxy groups -OCH3 is 1. The number of nitro benzene ring substituents is 1.